The van der Waals surface area contributed by atoms with Crippen molar-refractivity contribution in [1.82, 2.24) is 9.97 Å². The van der Waals surface area contributed by atoms with Crippen molar-refractivity contribution >= 4 is 21.5 Å². The number of hydrogen-bond acceptors (Lipinski definition) is 2. The van der Waals surface area contributed by atoms with Gasteiger partial charge in [0.25, 0.3) is 0 Å². The predicted molar refractivity (Wildman–Crippen MR) is 162 cm³/mol. The van der Waals surface area contributed by atoms with Gasteiger partial charge in [-0.05, 0) is 51.4 Å². The Labute approximate surface area is 253 Å². The first-order chi connectivity index (χ1) is 20.5. The van der Waals surface area contributed by atoms with Crippen LogP contribution in [0.25, 0.3) is 55.2 Å². The van der Waals surface area contributed by atoms with Crippen LogP contribution in [-0.2, 0) is 20.1 Å². The van der Waals surface area contributed by atoms with Crippen LogP contribution in [0.15, 0.2) is 140 Å². The Morgan fingerprint density at radius 3 is 2.08 bits per heavy atom. The van der Waals surface area contributed by atoms with Crippen molar-refractivity contribution in [3.63, 3.8) is 0 Å². The van der Waals surface area contributed by atoms with Crippen molar-refractivity contribution in [2.45, 2.75) is 6.85 Å². The SMILES string of the molecule is [2H]C([2H])([2H])c1ccc(-c2[c-]cccc2)nc1.[Ir].[c-]1cc(-c2cc3ccccc3c3ccccc23)ccc1-c1ccccn1. The van der Waals surface area contributed by atoms with Gasteiger partial charge in [-0.2, -0.15) is 0 Å². The van der Waals surface area contributed by atoms with Gasteiger partial charge >= 0.3 is 0 Å². The van der Waals surface area contributed by atoms with E-state index < -0.39 is 6.85 Å². The minimum Gasteiger partial charge on any atom is -0.305 e. The van der Waals surface area contributed by atoms with E-state index >= 15 is 0 Å². The van der Waals surface area contributed by atoms with E-state index in [0.717, 1.165) is 22.5 Å². The van der Waals surface area contributed by atoms with Crippen LogP contribution < -0.4 is 0 Å². The molecule has 5 aromatic carbocycles. The molecule has 0 fully saturated rings. The second kappa shape index (κ2) is 12.6. The van der Waals surface area contributed by atoms with Gasteiger partial charge in [0.2, 0.25) is 0 Å². The van der Waals surface area contributed by atoms with Crippen LogP contribution >= 0.6 is 0 Å². The predicted octanol–water partition coefficient (Wildman–Crippen LogP) is 9.38. The van der Waals surface area contributed by atoms with E-state index in [1.54, 1.807) is 18.2 Å². The first-order valence-electron chi connectivity index (χ1n) is 14.2. The van der Waals surface area contributed by atoms with Crippen LogP contribution in [0.1, 0.15) is 9.68 Å². The number of nitrogens with zero attached hydrogens (tertiary/aromatic N) is 2. The molecular formula is C37H26IrN2-2. The number of aryl methyl sites for hydroxylation is 1. The van der Waals surface area contributed by atoms with Gasteiger partial charge in [0.15, 0.2) is 0 Å². The fourth-order valence-corrected chi connectivity index (χ4v) is 4.67. The van der Waals surface area contributed by atoms with E-state index in [2.05, 4.69) is 94.9 Å². The van der Waals surface area contributed by atoms with Crippen molar-refractivity contribution in [1.29, 1.82) is 0 Å². The Kier molecular flexibility index (Phi) is 7.40. The normalized spacial score (nSPS) is 11.8. The maximum Gasteiger partial charge on any atom is 0.0280 e. The van der Waals surface area contributed by atoms with Crippen LogP contribution in [-0.4, -0.2) is 9.97 Å². The summed E-state index contributed by atoms with van der Waals surface area (Å²) in [5.74, 6) is 0. The molecule has 1 radical (unpaired) electrons. The van der Waals surface area contributed by atoms with Crippen molar-refractivity contribution in [3.8, 4) is 33.6 Å². The fourth-order valence-electron chi connectivity index (χ4n) is 4.67. The summed E-state index contributed by atoms with van der Waals surface area (Å²) in [5.41, 5.74) is 6.22. The molecule has 0 saturated carbocycles. The Bertz CT molecular complexity index is 1940. The van der Waals surface area contributed by atoms with Crippen LogP contribution in [0.3, 0.4) is 0 Å². The van der Waals surface area contributed by atoms with Crippen molar-refractivity contribution in [2.24, 2.45) is 0 Å². The van der Waals surface area contributed by atoms with Gasteiger partial charge in [0, 0.05) is 36.6 Å². The standard InChI is InChI=1S/C25H16N.C12H10N.Ir/c1-2-8-21-20(7-1)17-24(23-10-4-3-9-22(21)23)18-12-14-19(15-13-18)25-11-5-6-16-26-25;1-10-7-8-12(13-9-10)11-5-3-2-4-6-11;/h1-14,16-17H;2-5,7-9H,1H3;/q2*-1;/i;1D3;. The Morgan fingerprint density at radius 1 is 0.625 bits per heavy atom. The number of fused-ring (bicyclic) bond motifs is 3. The zero-order chi connectivity index (χ0) is 28.9. The average molecular weight is 694 g/mol. The van der Waals surface area contributed by atoms with Crippen molar-refractivity contribution < 1.29 is 24.2 Å². The van der Waals surface area contributed by atoms with Crippen LogP contribution in [0, 0.1) is 19.0 Å². The van der Waals surface area contributed by atoms with Crippen molar-refractivity contribution in [3.05, 3.63) is 157 Å². The summed E-state index contributed by atoms with van der Waals surface area (Å²) in [4.78, 5) is 8.54. The van der Waals surface area contributed by atoms with Gasteiger partial charge in [-0.15, -0.1) is 65.7 Å². The maximum atomic E-state index is 7.23. The zero-order valence-corrected chi connectivity index (χ0v) is 23.9. The Hall–Kier alpha value is -4.43. The van der Waals surface area contributed by atoms with Crippen LogP contribution in [0.4, 0.5) is 0 Å². The molecule has 0 aliphatic rings. The fraction of sp³-hybridized carbons (Fsp3) is 0.0270. The molecule has 2 aromatic heterocycles. The summed E-state index contributed by atoms with van der Waals surface area (Å²) in [6, 6.07) is 48.9. The van der Waals surface area contributed by atoms with E-state index in [4.69, 9.17) is 4.11 Å². The van der Waals surface area contributed by atoms with E-state index in [0.29, 0.717) is 0 Å². The molecule has 7 rings (SSSR count). The summed E-state index contributed by atoms with van der Waals surface area (Å²) in [7, 11) is 0. The minimum absolute atomic E-state index is 0. The number of pyridine rings is 2. The molecule has 0 aliphatic carbocycles. The second-order valence-corrected chi connectivity index (χ2v) is 9.11. The molecule has 0 aliphatic heterocycles. The zero-order valence-electron chi connectivity index (χ0n) is 24.5. The molecule has 0 N–H and O–H groups in total. The Balaban J connectivity index is 0.000000188. The summed E-state index contributed by atoms with van der Waals surface area (Å²) in [5, 5.41) is 5.11. The third kappa shape index (κ3) is 5.92. The molecule has 195 valence electrons. The number of aromatic nitrogens is 2. The molecule has 0 unspecified atom stereocenters. The van der Waals surface area contributed by atoms with Gasteiger partial charge < -0.3 is 9.97 Å². The largest absolute Gasteiger partial charge is 0.305 e. The van der Waals surface area contributed by atoms with Gasteiger partial charge in [0.1, 0.15) is 0 Å². The van der Waals surface area contributed by atoms with Gasteiger partial charge in [-0.25, -0.2) is 0 Å². The smallest absolute Gasteiger partial charge is 0.0280 e. The van der Waals surface area contributed by atoms with Gasteiger partial charge in [0.05, 0.1) is 0 Å². The maximum absolute atomic E-state index is 7.23. The molecule has 40 heavy (non-hydrogen) atoms. The summed E-state index contributed by atoms with van der Waals surface area (Å²) >= 11 is 0. The number of hydrogen-bond donors (Lipinski definition) is 0. The molecule has 2 heterocycles. The first kappa shape index (κ1) is 23.5. The monoisotopic (exact) mass is 694 g/mol. The van der Waals surface area contributed by atoms with E-state index in [-0.39, 0.29) is 25.7 Å². The molecule has 3 heteroatoms. The topological polar surface area (TPSA) is 25.8 Å². The quantitative estimate of drug-likeness (QED) is 0.136. The molecular weight excluding hydrogens is 665 g/mol. The molecule has 0 bridgehead atoms. The molecule has 0 atom stereocenters. The van der Waals surface area contributed by atoms with Crippen LogP contribution in [0.5, 0.6) is 0 Å². The number of rotatable bonds is 3. The van der Waals surface area contributed by atoms with Crippen LogP contribution in [0.2, 0.25) is 0 Å². The average Bonchev–Trinajstić information content (AvgIpc) is 3.05. The molecule has 0 amide bonds. The van der Waals surface area contributed by atoms with E-state index in [1.807, 2.05) is 42.6 Å². The van der Waals surface area contributed by atoms with Crippen molar-refractivity contribution in [2.75, 3.05) is 0 Å². The molecule has 0 spiro atoms. The second-order valence-electron chi connectivity index (χ2n) is 9.11. The summed E-state index contributed by atoms with van der Waals surface area (Å²) < 4.78 is 21.7. The van der Waals surface area contributed by atoms with Gasteiger partial charge in [-0.1, -0.05) is 90.0 Å². The third-order valence-corrected chi connectivity index (χ3v) is 6.58. The number of benzene rings is 5. The van der Waals surface area contributed by atoms with E-state index in [9.17, 15) is 0 Å². The van der Waals surface area contributed by atoms with E-state index in [1.165, 1.54) is 38.9 Å². The van der Waals surface area contributed by atoms with Gasteiger partial charge in [-0.3, -0.25) is 0 Å². The Morgan fingerprint density at radius 2 is 1.38 bits per heavy atom. The summed E-state index contributed by atoms with van der Waals surface area (Å²) in [6.45, 7) is -2.09. The molecule has 2 nitrogen and oxygen atoms in total. The first-order valence-corrected chi connectivity index (χ1v) is 12.7. The molecule has 0 saturated heterocycles. The minimum atomic E-state index is -2.09. The third-order valence-electron chi connectivity index (χ3n) is 6.58. The summed E-state index contributed by atoms with van der Waals surface area (Å²) in [6.07, 6.45) is 3.21. The molecule has 7 aromatic rings.